The average molecular weight is 155 g/mol. The second-order valence-corrected chi connectivity index (χ2v) is 4.96. The topological polar surface area (TPSA) is 12.0 Å². The van der Waals surface area contributed by atoms with Gasteiger partial charge < -0.3 is 5.32 Å². The first kappa shape index (κ1) is 9.05. The molecule has 1 heteroatoms. The highest BCUT2D eigenvalue weighted by atomic mass is 14.9. The Morgan fingerprint density at radius 3 is 2.55 bits per heavy atom. The molecule has 0 aromatic carbocycles. The third-order valence-corrected chi connectivity index (χ3v) is 2.46. The smallest absolute Gasteiger partial charge is 0.00200 e. The molecule has 66 valence electrons. The zero-order chi connectivity index (χ0) is 8.32. The van der Waals surface area contributed by atoms with Crippen LogP contribution in [0.15, 0.2) is 0 Å². The maximum absolute atomic E-state index is 3.41. The molecule has 1 heterocycles. The molecule has 0 radical (unpaired) electrons. The number of nitrogens with one attached hydrogen (secondary N) is 1. The maximum atomic E-state index is 3.41. The van der Waals surface area contributed by atoms with Crippen molar-refractivity contribution in [3.05, 3.63) is 0 Å². The first-order valence-corrected chi connectivity index (χ1v) is 4.79. The molecule has 1 nitrogen and oxygen atoms in total. The van der Waals surface area contributed by atoms with Crippen molar-refractivity contribution in [3.63, 3.8) is 0 Å². The molecule has 1 saturated heterocycles. The Hall–Kier alpha value is -0.0400. The largest absolute Gasteiger partial charge is 0.316 e. The molecule has 1 N–H and O–H groups in total. The van der Waals surface area contributed by atoms with E-state index in [9.17, 15) is 0 Å². The Morgan fingerprint density at radius 2 is 2.09 bits per heavy atom. The van der Waals surface area contributed by atoms with E-state index in [0.29, 0.717) is 5.41 Å². The molecule has 0 saturated carbocycles. The van der Waals surface area contributed by atoms with Gasteiger partial charge in [-0.3, -0.25) is 0 Å². The Morgan fingerprint density at radius 1 is 1.36 bits per heavy atom. The van der Waals surface area contributed by atoms with Crippen molar-refractivity contribution in [1.82, 2.24) is 5.32 Å². The molecule has 0 aromatic rings. The molecule has 1 aliphatic heterocycles. The highest BCUT2D eigenvalue weighted by Gasteiger charge is 2.17. The van der Waals surface area contributed by atoms with E-state index in [-0.39, 0.29) is 0 Å². The summed E-state index contributed by atoms with van der Waals surface area (Å²) in [5.74, 6) is 0.967. The predicted molar refractivity (Wildman–Crippen MR) is 49.7 cm³/mol. The zero-order valence-electron chi connectivity index (χ0n) is 8.11. The van der Waals surface area contributed by atoms with E-state index < -0.39 is 0 Å². The summed E-state index contributed by atoms with van der Waals surface area (Å²) in [5.41, 5.74) is 0.530. The van der Waals surface area contributed by atoms with Gasteiger partial charge in [0.1, 0.15) is 0 Å². The molecule has 0 aromatic heterocycles. The van der Waals surface area contributed by atoms with Crippen molar-refractivity contribution >= 4 is 0 Å². The third-order valence-electron chi connectivity index (χ3n) is 2.46. The fourth-order valence-electron chi connectivity index (χ4n) is 1.60. The lowest BCUT2D eigenvalue weighted by Gasteiger charge is -2.19. The zero-order valence-corrected chi connectivity index (χ0v) is 8.11. The van der Waals surface area contributed by atoms with Gasteiger partial charge in [-0.15, -0.1) is 0 Å². The standard InChI is InChI=1S/C10H21N/c1-10(2,3)6-4-9-5-7-11-8-9/h9,11H,4-8H2,1-3H3. The summed E-state index contributed by atoms with van der Waals surface area (Å²) in [6.45, 7) is 9.49. The minimum absolute atomic E-state index is 0.530. The lowest BCUT2D eigenvalue weighted by molar-refractivity contribution is 0.330. The van der Waals surface area contributed by atoms with Gasteiger partial charge in [0.25, 0.3) is 0 Å². The highest BCUT2D eigenvalue weighted by Crippen LogP contribution is 2.25. The molecule has 11 heavy (non-hydrogen) atoms. The van der Waals surface area contributed by atoms with Crippen LogP contribution < -0.4 is 5.32 Å². The molecule has 1 atom stereocenters. The Balaban J connectivity index is 2.11. The summed E-state index contributed by atoms with van der Waals surface area (Å²) in [7, 11) is 0. The first-order chi connectivity index (χ1) is 5.08. The summed E-state index contributed by atoms with van der Waals surface area (Å²) in [4.78, 5) is 0. The van der Waals surface area contributed by atoms with E-state index in [0.717, 1.165) is 5.92 Å². The van der Waals surface area contributed by atoms with Crippen LogP contribution in [0.4, 0.5) is 0 Å². The minimum Gasteiger partial charge on any atom is -0.316 e. The summed E-state index contributed by atoms with van der Waals surface area (Å²) in [5, 5.41) is 3.41. The van der Waals surface area contributed by atoms with Crippen LogP contribution >= 0.6 is 0 Å². The Kier molecular flexibility index (Phi) is 2.94. The quantitative estimate of drug-likeness (QED) is 0.646. The van der Waals surface area contributed by atoms with Crippen molar-refractivity contribution < 1.29 is 0 Å². The van der Waals surface area contributed by atoms with Gasteiger partial charge >= 0.3 is 0 Å². The maximum Gasteiger partial charge on any atom is -0.00200 e. The first-order valence-electron chi connectivity index (χ1n) is 4.79. The lowest BCUT2D eigenvalue weighted by atomic mass is 9.86. The van der Waals surface area contributed by atoms with Crippen LogP contribution in [0.25, 0.3) is 0 Å². The monoisotopic (exact) mass is 155 g/mol. The van der Waals surface area contributed by atoms with Crippen LogP contribution in [0.2, 0.25) is 0 Å². The van der Waals surface area contributed by atoms with Crippen LogP contribution in [0, 0.1) is 11.3 Å². The van der Waals surface area contributed by atoms with Crippen molar-refractivity contribution in [1.29, 1.82) is 0 Å². The molecule has 0 spiro atoms. The third kappa shape index (κ3) is 3.76. The summed E-state index contributed by atoms with van der Waals surface area (Å²) < 4.78 is 0. The Labute approximate surface area is 70.6 Å². The number of hydrogen-bond acceptors (Lipinski definition) is 1. The van der Waals surface area contributed by atoms with Crippen molar-refractivity contribution in [2.24, 2.45) is 11.3 Å². The van der Waals surface area contributed by atoms with Gasteiger partial charge in [0.15, 0.2) is 0 Å². The molecular formula is C10H21N. The molecule has 0 amide bonds. The summed E-state index contributed by atoms with van der Waals surface area (Å²) in [6.07, 6.45) is 4.19. The number of hydrogen-bond donors (Lipinski definition) is 1. The van der Waals surface area contributed by atoms with E-state index in [1.165, 1.54) is 32.4 Å². The number of rotatable bonds is 2. The van der Waals surface area contributed by atoms with Gasteiger partial charge in [-0.05, 0) is 43.7 Å². The average Bonchev–Trinajstić information content (AvgIpc) is 2.32. The molecule has 1 rings (SSSR count). The fraction of sp³-hybridized carbons (Fsp3) is 1.00. The second-order valence-electron chi connectivity index (χ2n) is 4.96. The molecule has 1 fully saturated rings. The normalized spacial score (nSPS) is 25.9. The van der Waals surface area contributed by atoms with Crippen molar-refractivity contribution in [2.75, 3.05) is 13.1 Å². The fourth-order valence-corrected chi connectivity index (χ4v) is 1.60. The van der Waals surface area contributed by atoms with Crippen LogP contribution in [0.5, 0.6) is 0 Å². The Bertz CT molecular complexity index is 107. The highest BCUT2D eigenvalue weighted by molar-refractivity contribution is 4.73. The molecular weight excluding hydrogens is 134 g/mol. The van der Waals surface area contributed by atoms with E-state index in [1.54, 1.807) is 0 Å². The van der Waals surface area contributed by atoms with Gasteiger partial charge in [-0.25, -0.2) is 0 Å². The van der Waals surface area contributed by atoms with Gasteiger partial charge in [-0.2, -0.15) is 0 Å². The molecule has 1 aliphatic rings. The van der Waals surface area contributed by atoms with Gasteiger partial charge in [0.05, 0.1) is 0 Å². The molecule has 0 aliphatic carbocycles. The lowest BCUT2D eigenvalue weighted by Crippen LogP contribution is -2.12. The van der Waals surface area contributed by atoms with Gasteiger partial charge in [0.2, 0.25) is 0 Å². The van der Waals surface area contributed by atoms with Crippen LogP contribution in [0.3, 0.4) is 0 Å². The van der Waals surface area contributed by atoms with Crippen LogP contribution in [-0.4, -0.2) is 13.1 Å². The van der Waals surface area contributed by atoms with Gasteiger partial charge in [-0.1, -0.05) is 20.8 Å². The van der Waals surface area contributed by atoms with E-state index in [2.05, 4.69) is 26.1 Å². The minimum atomic E-state index is 0.530. The van der Waals surface area contributed by atoms with E-state index >= 15 is 0 Å². The van der Waals surface area contributed by atoms with Crippen LogP contribution in [0.1, 0.15) is 40.0 Å². The molecule has 1 unspecified atom stereocenters. The SMILES string of the molecule is CC(C)(C)CCC1CCNC1. The predicted octanol–water partition coefficient (Wildman–Crippen LogP) is 2.42. The van der Waals surface area contributed by atoms with Crippen molar-refractivity contribution in [3.8, 4) is 0 Å². The van der Waals surface area contributed by atoms with Gasteiger partial charge in [0, 0.05) is 0 Å². The van der Waals surface area contributed by atoms with Crippen LogP contribution in [-0.2, 0) is 0 Å². The van der Waals surface area contributed by atoms with E-state index in [4.69, 9.17) is 0 Å². The summed E-state index contributed by atoms with van der Waals surface area (Å²) >= 11 is 0. The summed E-state index contributed by atoms with van der Waals surface area (Å²) in [6, 6.07) is 0. The molecule has 0 bridgehead atoms. The van der Waals surface area contributed by atoms with E-state index in [1.807, 2.05) is 0 Å². The van der Waals surface area contributed by atoms with Crippen molar-refractivity contribution in [2.45, 2.75) is 40.0 Å². The second kappa shape index (κ2) is 3.57.